The Balaban J connectivity index is 1.55. The third-order valence-corrected chi connectivity index (χ3v) is 4.93. The fourth-order valence-electron chi connectivity index (χ4n) is 2.66. The van der Waals surface area contributed by atoms with Crippen LogP contribution in [0.4, 0.5) is 5.69 Å². The molecule has 0 atom stereocenters. The summed E-state index contributed by atoms with van der Waals surface area (Å²) in [6.45, 7) is 0. The van der Waals surface area contributed by atoms with Gasteiger partial charge in [0.1, 0.15) is 0 Å². The van der Waals surface area contributed by atoms with Crippen molar-refractivity contribution in [2.24, 2.45) is 0 Å². The smallest absolute Gasteiger partial charge is 0.265 e. The van der Waals surface area contributed by atoms with Crippen LogP contribution >= 0.6 is 11.3 Å². The number of nitrogens with zero attached hydrogens (tertiary/aromatic N) is 2. The van der Waals surface area contributed by atoms with Crippen LogP contribution in [0.1, 0.15) is 26.5 Å². The normalized spacial score (nSPS) is 13.1. The molecule has 2 heterocycles. The van der Waals surface area contributed by atoms with E-state index < -0.39 is 0 Å². The first-order chi connectivity index (χ1) is 10.8. The maximum atomic E-state index is 12.4. The van der Waals surface area contributed by atoms with E-state index in [4.69, 9.17) is 4.42 Å². The Morgan fingerprint density at radius 3 is 3.05 bits per heavy atom. The van der Waals surface area contributed by atoms with Crippen molar-refractivity contribution in [1.29, 1.82) is 0 Å². The number of hydrogen-bond acceptors (Lipinski definition) is 5. The molecule has 1 aliphatic carbocycles. The zero-order valence-electron chi connectivity index (χ0n) is 11.7. The molecule has 2 aromatic heterocycles. The number of hydrogen-bond donors (Lipinski definition) is 1. The fraction of sp³-hybridized carbons (Fsp3) is 0.188. The van der Waals surface area contributed by atoms with E-state index in [9.17, 15) is 4.79 Å². The highest BCUT2D eigenvalue weighted by molar-refractivity contribution is 7.14. The van der Waals surface area contributed by atoms with Crippen LogP contribution in [0.3, 0.4) is 0 Å². The summed E-state index contributed by atoms with van der Waals surface area (Å²) < 4.78 is 5.17. The van der Waals surface area contributed by atoms with Crippen molar-refractivity contribution in [3.05, 3.63) is 52.0 Å². The summed E-state index contributed by atoms with van der Waals surface area (Å²) in [7, 11) is 0. The molecule has 0 radical (unpaired) electrons. The number of amides is 1. The number of thiophene rings is 1. The highest BCUT2D eigenvalue weighted by Crippen LogP contribution is 2.31. The third-order valence-electron chi connectivity index (χ3n) is 3.70. The van der Waals surface area contributed by atoms with Crippen LogP contribution in [0.2, 0.25) is 0 Å². The van der Waals surface area contributed by atoms with Crippen molar-refractivity contribution in [3.63, 3.8) is 0 Å². The number of aromatic nitrogens is 2. The van der Waals surface area contributed by atoms with Gasteiger partial charge in [0.2, 0.25) is 12.3 Å². The van der Waals surface area contributed by atoms with Crippen LogP contribution in [-0.2, 0) is 12.8 Å². The van der Waals surface area contributed by atoms with Gasteiger partial charge in [-0.25, -0.2) is 0 Å². The van der Waals surface area contributed by atoms with Gasteiger partial charge in [-0.1, -0.05) is 6.07 Å². The van der Waals surface area contributed by atoms with E-state index in [1.807, 2.05) is 30.3 Å². The number of carbonyl (C=O) groups is 1. The average Bonchev–Trinajstić information content (AvgIpc) is 3.24. The molecule has 6 heteroatoms. The quantitative estimate of drug-likeness (QED) is 0.803. The number of carbonyl (C=O) groups excluding carboxylic acids is 1. The van der Waals surface area contributed by atoms with Crippen LogP contribution in [0.25, 0.3) is 11.5 Å². The Morgan fingerprint density at radius 1 is 1.27 bits per heavy atom. The summed E-state index contributed by atoms with van der Waals surface area (Å²) in [5.74, 6) is 0.369. The molecular formula is C16H13N3O2S. The van der Waals surface area contributed by atoms with Gasteiger partial charge in [-0.05, 0) is 49.1 Å². The number of benzene rings is 1. The highest BCUT2D eigenvalue weighted by Gasteiger charge is 2.18. The van der Waals surface area contributed by atoms with Crippen molar-refractivity contribution in [1.82, 2.24) is 10.2 Å². The van der Waals surface area contributed by atoms with E-state index in [1.165, 1.54) is 23.3 Å². The topological polar surface area (TPSA) is 68.0 Å². The van der Waals surface area contributed by atoms with Crippen LogP contribution in [0, 0.1) is 0 Å². The number of rotatable bonds is 3. The molecule has 1 aliphatic rings. The Kier molecular flexibility index (Phi) is 3.23. The first kappa shape index (κ1) is 13.2. The van der Waals surface area contributed by atoms with E-state index in [0.29, 0.717) is 11.6 Å². The standard InChI is InChI=1S/C16H13N3O2S/c20-15(14-8-10-3-2-6-13(10)22-14)18-12-5-1-4-11(7-12)16-19-17-9-21-16/h1,4-5,7-9H,2-3,6H2,(H,18,20). The number of nitrogens with one attached hydrogen (secondary N) is 1. The molecule has 22 heavy (non-hydrogen) atoms. The van der Waals surface area contributed by atoms with Gasteiger partial charge in [0, 0.05) is 16.1 Å². The average molecular weight is 311 g/mol. The molecule has 1 N–H and O–H groups in total. The lowest BCUT2D eigenvalue weighted by Gasteiger charge is -2.04. The second kappa shape index (κ2) is 5.38. The van der Waals surface area contributed by atoms with Gasteiger partial charge in [0.25, 0.3) is 5.91 Å². The SMILES string of the molecule is O=C(Nc1cccc(-c2nnco2)c1)c1cc2c(s1)CCC2. The van der Waals surface area contributed by atoms with E-state index in [-0.39, 0.29) is 5.91 Å². The van der Waals surface area contributed by atoms with Crippen molar-refractivity contribution >= 4 is 22.9 Å². The third kappa shape index (κ3) is 2.42. The molecule has 0 saturated heterocycles. The van der Waals surface area contributed by atoms with E-state index in [1.54, 1.807) is 11.3 Å². The summed E-state index contributed by atoms with van der Waals surface area (Å²) in [6, 6.07) is 9.41. The monoisotopic (exact) mass is 311 g/mol. The predicted molar refractivity (Wildman–Crippen MR) is 84.0 cm³/mol. The largest absolute Gasteiger partial charge is 0.423 e. The molecule has 5 nitrogen and oxygen atoms in total. The Morgan fingerprint density at radius 2 is 2.23 bits per heavy atom. The van der Waals surface area contributed by atoms with Gasteiger partial charge >= 0.3 is 0 Å². The highest BCUT2D eigenvalue weighted by atomic mass is 32.1. The van der Waals surface area contributed by atoms with Gasteiger partial charge in [-0.3, -0.25) is 4.79 Å². The minimum Gasteiger partial charge on any atom is -0.423 e. The summed E-state index contributed by atoms with van der Waals surface area (Å²) in [5.41, 5.74) is 2.83. The molecule has 0 unspecified atom stereocenters. The zero-order valence-corrected chi connectivity index (χ0v) is 12.5. The maximum absolute atomic E-state index is 12.4. The van der Waals surface area contributed by atoms with Crippen molar-refractivity contribution in [3.8, 4) is 11.5 Å². The van der Waals surface area contributed by atoms with Crippen molar-refractivity contribution in [2.75, 3.05) is 5.32 Å². The fourth-order valence-corrected chi connectivity index (χ4v) is 3.81. The van der Waals surface area contributed by atoms with Gasteiger partial charge in [-0.15, -0.1) is 21.5 Å². The number of fused-ring (bicyclic) bond motifs is 1. The molecule has 110 valence electrons. The lowest BCUT2D eigenvalue weighted by molar-refractivity contribution is 0.103. The van der Waals surface area contributed by atoms with Crippen molar-refractivity contribution in [2.45, 2.75) is 19.3 Å². The van der Waals surface area contributed by atoms with E-state index in [2.05, 4.69) is 15.5 Å². The summed E-state index contributed by atoms with van der Waals surface area (Å²) in [4.78, 5) is 14.5. The van der Waals surface area contributed by atoms with E-state index in [0.717, 1.165) is 23.3 Å². The predicted octanol–water partition coefficient (Wildman–Crippen LogP) is 3.54. The molecule has 0 aliphatic heterocycles. The van der Waals surface area contributed by atoms with Crippen LogP contribution in [-0.4, -0.2) is 16.1 Å². The second-order valence-electron chi connectivity index (χ2n) is 5.19. The molecule has 0 fully saturated rings. The lowest BCUT2D eigenvalue weighted by Crippen LogP contribution is -2.10. The molecule has 1 amide bonds. The second-order valence-corrected chi connectivity index (χ2v) is 6.33. The van der Waals surface area contributed by atoms with E-state index >= 15 is 0 Å². The van der Waals surface area contributed by atoms with Crippen molar-refractivity contribution < 1.29 is 9.21 Å². The van der Waals surface area contributed by atoms with Gasteiger partial charge in [-0.2, -0.15) is 0 Å². The van der Waals surface area contributed by atoms with Crippen LogP contribution < -0.4 is 5.32 Å². The molecule has 4 rings (SSSR count). The molecule has 0 bridgehead atoms. The lowest BCUT2D eigenvalue weighted by atomic mass is 10.2. The summed E-state index contributed by atoms with van der Waals surface area (Å²) in [6.07, 6.45) is 4.68. The summed E-state index contributed by atoms with van der Waals surface area (Å²) in [5, 5.41) is 10.5. The molecule has 1 aromatic carbocycles. The first-order valence-corrected chi connectivity index (χ1v) is 7.91. The summed E-state index contributed by atoms with van der Waals surface area (Å²) >= 11 is 1.60. The Hall–Kier alpha value is -2.47. The maximum Gasteiger partial charge on any atom is 0.265 e. The molecule has 0 spiro atoms. The minimum absolute atomic E-state index is 0.0675. The van der Waals surface area contributed by atoms with Gasteiger partial charge < -0.3 is 9.73 Å². The molecular weight excluding hydrogens is 298 g/mol. The molecule has 3 aromatic rings. The number of aryl methyl sites for hydroxylation is 2. The minimum atomic E-state index is -0.0675. The van der Waals surface area contributed by atoms with Gasteiger partial charge in [0.05, 0.1) is 4.88 Å². The number of anilines is 1. The zero-order chi connectivity index (χ0) is 14.9. The van der Waals surface area contributed by atoms with Crippen LogP contribution in [0.5, 0.6) is 0 Å². The van der Waals surface area contributed by atoms with Gasteiger partial charge in [0.15, 0.2) is 0 Å². The van der Waals surface area contributed by atoms with Crippen LogP contribution in [0.15, 0.2) is 41.1 Å². The molecule has 0 saturated carbocycles. The Bertz CT molecular complexity index is 802. The first-order valence-electron chi connectivity index (χ1n) is 7.09. The Labute approximate surface area is 131 Å².